The fourth-order valence-corrected chi connectivity index (χ4v) is 3.31. The first-order valence-corrected chi connectivity index (χ1v) is 8.17. The van der Waals surface area contributed by atoms with E-state index in [0.717, 1.165) is 29.4 Å². The summed E-state index contributed by atoms with van der Waals surface area (Å²) < 4.78 is 0. The van der Waals surface area contributed by atoms with Crippen molar-refractivity contribution in [3.05, 3.63) is 11.4 Å². The van der Waals surface area contributed by atoms with Crippen molar-refractivity contribution >= 4 is 11.6 Å². The summed E-state index contributed by atoms with van der Waals surface area (Å²) in [5.41, 5.74) is 3.69. The lowest BCUT2D eigenvalue weighted by molar-refractivity contribution is 0.253. The molecule has 1 fully saturated rings. The molecule has 1 saturated carbocycles. The van der Waals surface area contributed by atoms with Crippen LogP contribution in [0.2, 0.25) is 0 Å². The predicted octanol–water partition coefficient (Wildman–Crippen LogP) is 3.26. The third-order valence-electron chi connectivity index (χ3n) is 4.64. The van der Waals surface area contributed by atoms with Gasteiger partial charge in [-0.3, -0.25) is 0 Å². The molecule has 118 valence electrons. The molecule has 1 aromatic heterocycles. The van der Waals surface area contributed by atoms with E-state index in [1.807, 2.05) is 6.92 Å². The topological polar surface area (TPSA) is 75.9 Å². The largest absolute Gasteiger partial charge is 0.367 e. The van der Waals surface area contributed by atoms with Gasteiger partial charge in [-0.1, -0.05) is 33.6 Å². The van der Waals surface area contributed by atoms with Crippen molar-refractivity contribution in [1.82, 2.24) is 9.97 Å². The summed E-state index contributed by atoms with van der Waals surface area (Å²) in [6.07, 6.45) is 5.98. The van der Waals surface area contributed by atoms with Crippen LogP contribution in [0, 0.1) is 18.8 Å². The van der Waals surface area contributed by atoms with Gasteiger partial charge >= 0.3 is 0 Å². The van der Waals surface area contributed by atoms with Gasteiger partial charge in [-0.2, -0.15) is 0 Å². The number of anilines is 2. The van der Waals surface area contributed by atoms with Crippen LogP contribution in [0.1, 0.15) is 57.8 Å². The fraction of sp³-hybridized carbons (Fsp3) is 0.750. The van der Waals surface area contributed by atoms with Gasteiger partial charge in [0.25, 0.3) is 0 Å². The van der Waals surface area contributed by atoms with Gasteiger partial charge in [0.1, 0.15) is 17.5 Å². The first-order valence-electron chi connectivity index (χ1n) is 8.17. The molecule has 0 radical (unpaired) electrons. The Hall–Kier alpha value is -1.36. The lowest BCUT2D eigenvalue weighted by Crippen LogP contribution is -2.36. The summed E-state index contributed by atoms with van der Waals surface area (Å²) in [7, 11) is 0. The molecule has 1 heterocycles. The minimum Gasteiger partial charge on any atom is -0.367 e. The van der Waals surface area contributed by atoms with Crippen LogP contribution in [-0.2, 0) is 6.42 Å². The molecule has 4 N–H and O–H groups in total. The Morgan fingerprint density at radius 3 is 2.48 bits per heavy atom. The summed E-state index contributed by atoms with van der Waals surface area (Å²) in [4.78, 5) is 9.10. The highest BCUT2D eigenvalue weighted by Gasteiger charge is 2.28. The number of hydrogen-bond donors (Lipinski definition) is 3. The Kier molecular flexibility index (Phi) is 5.39. The van der Waals surface area contributed by atoms with E-state index in [1.54, 1.807) is 0 Å². The first kappa shape index (κ1) is 16.0. The molecule has 5 nitrogen and oxygen atoms in total. The third-order valence-corrected chi connectivity index (χ3v) is 4.64. The van der Waals surface area contributed by atoms with Crippen LogP contribution in [0.5, 0.6) is 0 Å². The van der Waals surface area contributed by atoms with Crippen LogP contribution in [0.3, 0.4) is 0 Å². The Morgan fingerprint density at radius 2 is 1.86 bits per heavy atom. The summed E-state index contributed by atoms with van der Waals surface area (Å²) in [6.45, 7) is 8.72. The van der Waals surface area contributed by atoms with E-state index in [1.165, 1.54) is 25.7 Å². The van der Waals surface area contributed by atoms with Crippen molar-refractivity contribution in [2.75, 3.05) is 10.7 Å². The molecule has 0 bridgehead atoms. The van der Waals surface area contributed by atoms with E-state index in [2.05, 4.69) is 41.5 Å². The molecule has 5 heteroatoms. The lowest BCUT2D eigenvalue weighted by atomic mass is 9.78. The van der Waals surface area contributed by atoms with E-state index >= 15 is 0 Å². The molecule has 0 spiro atoms. The van der Waals surface area contributed by atoms with E-state index in [-0.39, 0.29) is 0 Å². The van der Waals surface area contributed by atoms with E-state index < -0.39 is 0 Å². The Morgan fingerprint density at radius 1 is 1.19 bits per heavy atom. The van der Waals surface area contributed by atoms with Crippen LogP contribution in [-0.4, -0.2) is 16.0 Å². The number of hydrazine groups is 1. The second-order valence-corrected chi connectivity index (χ2v) is 6.40. The van der Waals surface area contributed by atoms with Gasteiger partial charge in [0.05, 0.1) is 0 Å². The van der Waals surface area contributed by atoms with Gasteiger partial charge in [-0.15, -0.1) is 0 Å². The van der Waals surface area contributed by atoms with Crippen molar-refractivity contribution in [1.29, 1.82) is 0 Å². The molecule has 2 atom stereocenters. The van der Waals surface area contributed by atoms with Crippen LogP contribution in [0.4, 0.5) is 11.6 Å². The molecule has 1 aliphatic carbocycles. The maximum absolute atomic E-state index is 5.58. The highest BCUT2D eigenvalue weighted by atomic mass is 15.3. The standard InChI is InChI=1S/C16H29N5/c1-5-14-19-15(11(4)16(20-14)21-17)18-13-9-7-6-8-12(13)10(2)3/h10,12-13H,5-9,17H2,1-4H3,(H2,18,19,20,21). The van der Waals surface area contributed by atoms with Crippen LogP contribution >= 0.6 is 0 Å². The summed E-state index contributed by atoms with van der Waals surface area (Å²) in [6, 6.07) is 0.502. The maximum Gasteiger partial charge on any atom is 0.148 e. The van der Waals surface area contributed by atoms with Gasteiger partial charge < -0.3 is 10.7 Å². The zero-order chi connectivity index (χ0) is 15.4. The minimum atomic E-state index is 0.502. The molecule has 1 aromatic rings. The minimum absolute atomic E-state index is 0.502. The second kappa shape index (κ2) is 7.07. The van der Waals surface area contributed by atoms with Gasteiger partial charge in [-0.25, -0.2) is 15.8 Å². The van der Waals surface area contributed by atoms with E-state index in [4.69, 9.17) is 5.84 Å². The van der Waals surface area contributed by atoms with E-state index in [0.29, 0.717) is 17.9 Å². The molecule has 2 unspecified atom stereocenters. The van der Waals surface area contributed by atoms with Crippen molar-refractivity contribution < 1.29 is 0 Å². The van der Waals surface area contributed by atoms with Crippen LogP contribution in [0.25, 0.3) is 0 Å². The Bertz CT molecular complexity index is 472. The number of hydrogen-bond acceptors (Lipinski definition) is 5. The highest BCUT2D eigenvalue weighted by molar-refractivity contribution is 5.57. The van der Waals surface area contributed by atoms with Crippen LogP contribution < -0.4 is 16.6 Å². The number of rotatable bonds is 5. The number of nitrogens with two attached hydrogens (primary N) is 1. The van der Waals surface area contributed by atoms with Crippen molar-refractivity contribution in [3.63, 3.8) is 0 Å². The molecule has 0 amide bonds. The maximum atomic E-state index is 5.58. The SMILES string of the molecule is CCc1nc(NN)c(C)c(NC2CCCCC2C(C)C)n1. The zero-order valence-electron chi connectivity index (χ0n) is 13.7. The van der Waals surface area contributed by atoms with Crippen molar-refractivity contribution in [3.8, 4) is 0 Å². The molecule has 21 heavy (non-hydrogen) atoms. The molecule has 1 aliphatic rings. The quantitative estimate of drug-likeness (QED) is 0.573. The number of nitrogens with zero attached hydrogens (tertiary/aromatic N) is 2. The van der Waals surface area contributed by atoms with Crippen LogP contribution in [0.15, 0.2) is 0 Å². The molecule has 0 aromatic carbocycles. The zero-order valence-corrected chi connectivity index (χ0v) is 13.7. The lowest BCUT2D eigenvalue weighted by Gasteiger charge is -2.35. The Labute approximate surface area is 128 Å². The summed E-state index contributed by atoms with van der Waals surface area (Å²) >= 11 is 0. The number of aromatic nitrogens is 2. The average Bonchev–Trinajstić information content (AvgIpc) is 2.49. The van der Waals surface area contributed by atoms with E-state index in [9.17, 15) is 0 Å². The van der Waals surface area contributed by atoms with Gasteiger partial charge in [0.2, 0.25) is 0 Å². The monoisotopic (exact) mass is 291 g/mol. The highest BCUT2D eigenvalue weighted by Crippen LogP contribution is 2.33. The number of nitrogen functional groups attached to an aromatic ring is 1. The van der Waals surface area contributed by atoms with Gasteiger partial charge in [0, 0.05) is 18.0 Å². The third kappa shape index (κ3) is 3.64. The van der Waals surface area contributed by atoms with Crippen molar-refractivity contribution in [2.45, 2.75) is 65.8 Å². The Balaban J connectivity index is 2.24. The predicted molar refractivity (Wildman–Crippen MR) is 88.2 cm³/mol. The van der Waals surface area contributed by atoms with Gasteiger partial charge in [0.15, 0.2) is 0 Å². The smallest absolute Gasteiger partial charge is 0.148 e. The number of nitrogens with one attached hydrogen (secondary N) is 2. The first-order chi connectivity index (χ1) is 10.1. The summed E-state index contributed by atoms with van der Waals surface area (Å²) in [5.74, 6) is 9.48. The fourth-order valence-electron chi connectivity index (χ4n) is 3.31. The molecular weight excluding hydrogens is 262 g/mol. The second-order valence-electron chi connectivity index (χ2n) is 6.40. The average molecular weight is 291 g/mol. The summed E-state index contributed by atoms with van der Waals surface area (Å²) in [5, 5.41) is 3.68. The molecular formula is C16H29N5. The molecule has 2 rings (SSSR count). The number of aryl methyl sites for hydroxylation is 1. The molecule has 0 aliphatic heterocycles. The molecule has 0 saturated heterocycles. The van der Waals surface area contributed by atoms with Gasteiger partial charge in [-0.05, 0) is 31.6 Å². The van der Waals surface area contributed by atoms with Crippen molar-refractivity contribution in [2.24, 2.45) is 17.7 Å². The normalized spacial score (nSPS) is 22.4.